The van der Waals surface area contributed by atoms with Crippen LogP contribution in [0.4, 0.5) is 0 Å². The zero-order valence-corrected chi connectivity index (χ0v) is 18.0. The first kappa shape index (κ1) is 21.6. The molecule has 1 N–H and O–H groups in total. The average molecular weight is 438 g/mol. The Labute approximate surface area is 178 Å². The number of amides is 2. The fraction of sp³-hybridized carbons (Fsp3) is 0.474. The highest BCUT2D eigenvalue weighted by atomic mass is 35.5. The lowest BCUT2D eigenvalue weighted by atomic mass is 10.2. The first-order valence-electron chi connectivity index (χ1n) is 9.47. The zero-order chi connectivity index (χ0) is 20.8. The minimum atomic E-state index is -0.338. The van der Waals surface area contributed by atoms with E-state index in [2.05, 4.69) is 15.5 Å². The van der Waals surface area contributed by atoms with E-state index in [0.717, 1.165) is 0 Å². The van der Waals surface area contributed by atoms with E-state index in [1.54, 1.807) is 29.2 Å². The van der Waals surface area contributed by atoms with E-state index in [0.29, 0.717) is 60.2 Å². The minimum Gasteiger partial charge on any atom is -0.378 e. The molecule has 1 saturated heterocycles. The highest BCUT2D eigenvalue weighted by molar-refractivity contribution is 7.99. The van der Waals surface area contributed by atoms with E-state index >= 15 is 0 Å². The molecule has 29 heavy (non-hydrogen) atoms. The second-order valence-corrected chi connectivity index (χ2v) is 7.95. The number of hydrogen-bond donors (Lipinski definition) is 1. The molecule has 0 spiro atoms. The highest BCUT2D eigenvalue weighted by Gasteiger charge is 2.22. The first-order valence-corrected chi connectivity index (χ1v) is 10.8. The lowest BCUT2D eigenvalue weighted by Gasteiger charge is -2.26. The SMILES string of the molecule is CCn1c(SCC(=O)N2CCOCC2)nnc1[C@H](C)NC(=O)c1ccc(Cl)cc1. The molecule has 0 saturated carbocycles. The summed E-state index contributed by atoms with van der Waals surface area (Å²) in [6.45, 7) is 6.88. The van der Waals surface area contributed by atoms with Crippen LogP contribution in [0.15, 0.2) is 29.4 Å². The van der Waals surface area contributed by atoms with E-state index in [4.69, 9.17) is 16.3 Å². The number of carbonyl (C=O) groups excluding carboxylic acids is 2. The Morgan fingerprint density at radius 3 is 2.59 bits per heavy atom. The molecule has 1 fully saturated rings. The van der Waals surface area contributed by atoms with Crippen LogP contribution in [0.2, 0.25) is 5.02 Å². The molecule has 0 aliphatic carbocycles. The van der Waals surface area contributed by atoms with Gasteiger partial charge < -0.3 is 19.5 Å². The highest BCUT2D eigenvalue weighted by Crippen LogP contribution is 2.21. The molecular formula is C19H24ClN5O3S. The largest absolute Gasteiger partial charge is 0.378 e. The Kier molecular flexibility index (Phi) is 7.51. The van der Waals surface area contributed by atoms with E-state index in [9.17, 15) is 9.59 Å². The van der Waals surface area contributed by atoms with Crippen LogP contribution in [0.1, 0.15) is 36.1 Å². The Morgan fingerprint density at radius 1 is 1.24 bits per heavy atom. The summed E-state index contributed by atoms with van der Waals surface area (Å²) in [6, 6.07) is 6.36. The van der Waals surface area contributed by atoms with Crippen LogP contribution in [0, 0.1) is 0 Å². The predicted molar refractivity (Wildman–Crippen MR) is 111 cm³/mol. The molecule has 156 valence electrons. The van der Waals surface area contributed by atoms with Crippen molar-refractivity contribution < 1.29 is 14.3 Å². The number of nitrogens with zero attached hydrogens (tertiary/aromatic N) is 4. The topological polar surface area (TPSA) is 89.3 Å². The number of carbonyl (C=O) groups is 2. The number of rotatable bonds is 7. The van der Waals surface area contributed by atoms with Gasteiger partial charge in [0.25, 0.3) is 5.91 Å². The number of benzene rings is 1. The summed E-state index contributed by atoms with van der Waals surface area (Å²) in [5, 5.41) is 12.7. The van der Waals surface area contributed by atoms with Crippen LogP contribution in [-0.2, 0) is 16.1 Å². The van der Waals surface area contributed by atoms with Crippen LogP contribution in [0.3, 0.4) is 0 Å². The number of ether oxygens (including phenoxy) is 1. The van der Waals surface area contributed by atoms with Crippen molar-refractivity contribution in [1.29, 1.82) is 0 Å². The summed E-state index contributed by atoms with van der Waals surface area (Å²) < 4.78 is 7.20. The zero-order valence-electron chi connectivity index (χ0n) is 16.4. The van der Waals surface area contributed by atoms with E-state index < -0.39 is 0 Å². The molecule has 0 bridgehead atoms. The Bertz CT molecular complexity index is 852. The van der Waals surface area contributed by atoms with Gasteiger partial charge in [-0.2, -0.15) is 0 Å². The molecule has 1 aliphatic rings. The predicted octanol–water partition coefficient (Wildman–Crippen LogP) is 2.39. The Morgan fingerprint density at radius 2 is 1.93 bits per heavy atom. The van der Waals surface area contributed by atoms with Gasteiger partial charge in [-0.25, -0.2) is 0 Å². The fourth-order valence-electron chi connectivity index (χ4n) is 3.00. The number of halogens is 1. The first-order chi connectivity index (χ1) is 14.0. The third kappa shape index (κ3) is 5.49. The standard InChI is InChI=1S/C19H24ClN5O3S/c1-3-25-17(13(2)21-18(27)14-4-6-15(20)7-5-14)22-23-19(25)29-12-16(26)24-8-10-28-11-9-24/h4-7,13H,3,8-12H2,1-2H3,(H,21,27)/t13-/m0/s1. The van der Waals surface area contributed by atoms with Gasteiger partial charge in [0.2, 0.25) is 5.91 Å². The van der Waals surface area contributed by atoms with Crippen LogP contribution in [-0.4, -0.2) is 63.5 Å². The van der Waals surface area contributed by atoms with Crippen molar-refractivity contribution in [3.63, 3.8) is 0 Å². The summed E-state index contributed by atoms with van der Waals surface area (Å²) >= 11 is 7.23. The maximum atomic E-state index is 12.5. The van der Waals surface area contributed by atoms with Crippen molar-refractivity contribution >= 4 is 35.2 Å². The molecule has 3 rings (SSSR count). The quantitative estimate of drug-likeness (QED) is 0.669. The van der Waals surface area contributed by atoms with Crippen LogP contribution >= 0.6 is 23.4 Å². The molecule has 2 heterocycles. The lowest BCUT2D eigenvalue weighted by molar-refractivity contribution is -0.132. The normalized spacial score (nSPS) is 15.2. The van der Waals surface area contributed by atoms with Gasteiger partial charge in [-0.15, -0.1) is 10.2 Å². The molecule has 1 aromatic carbocycles. The van der Waals surface area contributed by atoms with Gasteiger partial charge in [-0.1, -0.05) is 23.4 Å². The van der Waals surface area contributed by atoms with Crippen molar-refractivity contribution in [2.45, 2.75) is 31.6 Å². The van der Waals surface area contributed by atoms with Gasteiger partial charge in [-0.3, -0.25) is 9.59 Å². The smallest absolute Gasteiger partial charge is 0.251 e. The number of nitrogens with one attached hydrogen (secondary N) is 1. The second-order valence-electron chi connectivity index (χ2n) is 6.57. The Hall–Kier alpha value is -2.10. The van der Waals surface area contributed by atoms with Crippen molar-refractivity contribution in [3.05, 3.63) is 40.7 Å². The maximum Gasteiger partial charge on any atom is 0.251 e. The average Bonchev–Trinajstić information content (AvgIpc) is 3.16. The van der Waals surface area contributed by atoms with E-state index in [-0.39, 0.29) is 17.9 Å². The Balaban J connectivity index is 1.62. The van der Waals surface area contributed by atoms with E-state index in [1.165, 1.54) is 11.8 Å². The molecule has 1 aliphatic heterocycles. The summed E-state index contributed by atoms with van der Waals surface area (Å²) in [7, 11) is 0. The third-order valence-corrected chi connectivity index (χ3v) is 5.80. The van der Waals surface area contributed by atoms with Gasteiger partial charge in [-0.05, 0) is 38.1 Å². The van der Waals surface area contributed by atoms with Crippen LogP contribution < -0.4 is 5.32 Å². The molecule has 8 nitrogen and oxygen atoms in total. The molecule has 0 radical (unpaired) electrons. The molecular weight excluding hydrogens is 414 g/mol. The van der Waals surface area contributed by atoms with Gasteiger partial charge in [0.1, 0.15) is 0 Å². The molecule has 1 atom stereocenters. The van der Waals surface area contributed by atoms with Gasteiger partial charge in [0.05, 0.1) is 25.0 Å². The maximum absolute atomic E-state index is 12.5. The number of thioether (sulfide) groups is 1. The van der Waals surface area contributed by atoms with Crippen molar-refractivity contribution in [2.24, 2.45) is 0 Å². The second kappa shape index (κ2) is 10.1. The summed E-state index contributed by atoms with van der Waals surface area (Å²) in [5.41, 5.74) is 0.523. The molecule has 10 heteroatoms. The third-order valence-electron chi connectivity index (χ3n) is 4.59. The minimum absolute atomic E-state index is 0.0644. The van der Waals surface area contributed by atoms with Crippen molar-refractivity contribution in [2.75, 3.05) is 32.1 Å². The summed E-state index contributed by atoms with van der Waals surface area (Å²) in [5.74, 6) is 0.797. The molecule has 0 unspecified atom stereocenters. The molecule has 1 aromatic heterocycles. The molecule has 2 amide bonds. The number of aromatic nitrogens is 3. The lowest BCUT2D eigenvalue weighted by Crippen LogP contribution is -2.41. The van der Waals surface area contributed by atoms with Gasteiger partial charge in [0, 0.05) is 30.2 Å². The monoisotopic (exact) mass is 437 g/mol. The molecule has 2 aromatic rings. The van der Waals surface area contributed by atoms with Crippen LogP contribution in [0.25, 0.3) is 0 Å². The van der Waals surface area contributed by atoms with E-state index in [1.807, 2.05) is 18.4 Å². The van der Waals surface area contributed by atoms with Crippen molar-refractivity contribution in [3.8, 4) is 0 Å². The summed E-state index contributed by atoms with van der Waals surface area (Å²) in [6.07, 6.45) is 0. The van der Waals surface area contributed by atoms with Gasteiger partial charge >= 0.3 is 0 Å². The summed E-state index contributed by atoms with van der Waals surface area (Å²) in [4.78, 5) is 26.6. The number of hydrogen-bond acceptors (Lipinski definition) is 6. The number of morpholine rings is 1. The van der Waals surface area contributed by atoms with Crippen LogP contribution in [0.5, 0.6) is 0 Å². The van der Waals surface area contributed by atoms with Gasteiger partial charge in [0.15, 0.2) is 11.0 Å². The fourth-order valence-corrected chi connectivity index (χ4v) is 4.04. The van der Waals surface area contributed by atoms with Crippen molar-refractivity contribution in [1.82, 2.24) is 25.0 Å².